The number of nitrogens with zero attached hydrogens (tertiary/aromatic N) is 3. The lowest BCUT2D eigenvalue weighted by Gasteiger charge is -2.22. The summed E-state index contributed by atoms with van der Waals surface area (Å²) in [7, 11) is 1.89. The minimum Gasteiger partial charge on any atom is -0.374 e. The zero-order valence-electron chi connectivity index (χ0n) is 13.6. The van der Waals surface area contributed by atoms with Gasteiger partial charge in [-0.15, -0.1) is 0 Å². The number of hydrogen-bond donors (Lipinski definition) is 1. The molecule has 118 valence electrons. The second kappa shape index (κ2) is 8.17. The van der Waals surface area contributed by atoms with Crippen molar-refractivity contribution in [1.29, 1.82) is 0 Å². The molecule has 1 aromatic heterocycles. The first-order valence-electron chi connectivity index (χ1n) is 8.15. The van der Waals surface area contributed by atoms with Gasteiger partial charge in [0.05, 0.1) is 0 Å². The molecule has 5 nitrogen and oxygen atoms in total. The van der Waals surface area contributed by atoms with Gasteiger partial charge in [-0.2, -0.15) is 0 Å². The summed E-state index contributed by atoms with van der Waals surface area (Å²) in [5, 5.41) is 3.13. The predicted molar refractivity (Wildman–Crippen MR) is 86.8 cm³/mol. The van der Waals surface area contributed by atoms with E-state index in [-0.39, 0.29) is 0 Å². The minimum atomic E-state index is 0.477. The van der Waals surface area contributed by atoms with Gasteiger partial charge >= 0.3 is 0 Å². The Labute approximate surface area is 128 Å². The standard InChI is InChI=1S/C16H28N4O/c1-4-13-7-6-9-20(10-8-13)16-11-14(17-3)18-15(19-16)12-21-5-2/h11,13H,4-10,12H2,1-3H3,(H,17,18,19). The summed E-state index contributed by atoms with van der Waals surface area (Å²) >= 11 is 0. The summed E-state index contributed by atoms with van der Waals surface area (Å²) in [4.78, 5) is 11.5. The minimum absolute atomic E-state index is 0.477. The topological polar surface area (TPSA) is 50.3 Å². The second-order valence-electron chi connectivity index (χ2n) is 5.61. The van der Waals surface area contributed by atoms with Gasteiger partial charge in [-0.25, -0.2) is 9.97 Å². The molecule has 0 saturated carbocycles. The molecule has 0 aliphatic carbocycles. The molecule has 0 radical (unpaired) electrons. The Balaban J connectivity index is 2.13. The number of rotatable bonds is 6. The number of aromatic nitrogens is 2. The predicted octanol–water partition coefficient (Wildman–Crippen LogP) is 3.07. The molecule has 1 fully saturated rings. The molecule has 2 rings (SSSR count). The van der Waals surface area contributed by atoms with Crippen LogP contribution in [-0.4, -0.2) is 36.7 Å². The summed E-state index contributed by atoms with van der Waals surface area (Å²) in [6.45, 7) is 7.62. The highest BCUT2D eigenvalue weighted by molar-refractivity contribution is 5.49. The van der Waals surface area contributed by atoms with E-state index in [0.29, 0.717) is 13.2 Å². The molecule has 1 unspecified atom stereocenters. The zero-order valence-corrected chi connectivity index (χ0v) is 13.6. The van der Waals surface area contributed by atoms with E-state index in [1.54, 1.807) is 0 Å². The second-order valence-corrected chi connectivity index (χ2v) is 5.61. The smallest absolute Gasteiger partial charge is 0.158 e. The molecule has 21 heavy (non-hydrogen) atoms. The quantitative estimate of drug-likeness (QED) is 0.873. The molecule has 1 aliphatic rings. The average molecular weight is 292 g/mol. The van der Waals surface area contributed by atoms with Crippen molar-refractivity contribution in [3.05, 3.63) is 11.9 Å². The van der Waals surface area contributed by atoms with E-state index in [0.717, 1.165) is 36.5 Å². The highest BCUT2D eigenvalue weighted by atomic mass is 16.5. The maximum Gasteiger partial charge on any atom is 0.158 e. The number of nitrogens with one attached hydrogen (secondary N) is 1. The van der Waals surface area contributed by atoms with E-state index < -0.39 is 0 Å². The number of anilines is 2. The SMILES string of the molecule is CCOCc1nc(NC)cc(N2CCCC(CC)CC2)n1. The summed E-state index contributed by atoms with van der Waals surface area (Å²) in [6.07, 6.45) is 5.13. The normalized spacial score (nSPS) is 19.4. The van der Waals surface area contributed by atoms with E-state index >= 15 is 0 Å². The third-order valence-corrected chi connectivity index (χ3v) is 4.20. The first kappa shape index (κ1) is 16.0. The van der Waals surface area contributed by atoms with E-state index in [2.05, 4.69) is 27.1 Å². The molecule has 1 saturated heterocycles. The van der Waals surface area contributed by atoms with Crippen LogP contribution in [0.1, 0.15) is 45.4 Å². The maximum atomic E-state index is 5.45. The summed E-state index contributed by atoms with van der Waals surface area (Å²) in [5.41, 5.74) is 0. The number of ether oxygens (including phenoxy) is 1. The van der Waals surface area contributed by atoms with E-state index in [9.17, 15) is 0 Å². The van der Waals surface area contributed by atoms with Crippen molar-refractivity contribution in [2.45, 2.75) is 46.1 Å². The van der Waals surface area contributed by atoms with Crippen LogP contribution < -0.4 is 10.2 Å². The van der Waals surface area contributed by atoms with Crippen LogP contribution in [-0.2, 0) is 11.3 Å². The van der Waals surface area contributed by atoms with Gasteiger partial charge in [0.1, 0.15) is 18.2 Å². The van der Waals surface area contributed by atoms with Crippen molar-refractivity contribution >= 4 is 11.6 Å². The van der Waals surface area contributed by atoms with Crippen LogP contribution in [0.3, 0.4) is 0 Å². The highest BCUT2D eigenvalue weighted by Gasteiger charge is 2.18. The Morgan fingerprint density at radius 2 is 2.14 bits per heavy atom. The van der Waals surface area contributed by atoms with Crippen LogP contribution in [0.2, 0.25) is 0 Å². The molecule has 1 atom stereocenters. The third kappa shape index (κ3) is 4.56. The van der Waals surface area contributed by atoms with Crippen LogP contribution in [0, 0.1) is 5.92 Å². The zero-order chi connectivity index (χ0) is 15.1. The summed E-state index contributed by atoms with van der Waals surface area (Å²) in [5.74, 6) is 3.52. The Morgan fingerprint density at radius 3 is 2.86 bits per heavy atom. The third-order valence-electron chi connectivity index (χ3n) is 4.20. The van der Waals surface area contributed by atoms with E-state index in [1.165, 1.54) is 25.7 Å². The molecule has 0 bridgehead atoms. The highest BCUT2D eigenvalue weighted by Crippen LogP contribution is 2.24. The van der Waals surface area contributed by atoms with Crippen LogP contribution in [0.4, 0.5) is 11.6 Å². The Morgan fingerprint density at radius 1 is 1.29 bits per heavy atom. The monoisotopic (exact) mass is 292 g/mol. The van der Waals surface area contributed by atoms with Crippen molar-refractivity contribution in [3.8, 4) is 0 Å². The van der Waals surface area contributed by atoms with Crippen LogP contribution >= 0.6 is 0 Å². The molecule has 1 aliphatic heterocycles. The Hall–Kier alpha value is -1.36. The average Bonchev–Trinajstić information content (AvgIpc) is 2.78. The fourth-order valence-corrected chi connectivity index (χ4v) is 2.83. The maximum absolute atomic E-state index is 5.45. The largest absolute Gasteiger partial charge is 0.374 e. The fourth-order valence-electron chi connectivity index (χ4n) is 2.83. The lowest BCUT2D eigenvalue weighted by molar-refractivity contribution is 0.128. The van der Waals surface area contributed by atoms with Gasteiger partial charge in [0.25, 0.3) is 0 Å². The Kier molecular flexibility index (Phi) is 6.23. The summed E-state index contributed by atoms with van der Waals surface area (Å²) < 4.78 is 5.45. The van der Waals surface area contributed by atoms with Crippen LogP contribution in [0.5, 0.6) is 0 Å². The van der Waals surface area contributed by atoms with Gasteiger partial charge < -0.3 is 15.0 Å². The molecular formula is C16H28N4O. The van der Waals surface area contributed by atoms with Gasteiger partial charge in [0.15, 0.2) is 5.82 Å². The van der Waals surface area contributed by atoms with Gasteiger partial charge in [0, 0.05) is 32.8 Å². The molecule has 5 heteroatoms. The van der Waals surface area contributed by atoms with Gasteiger partial charge in [-0.1, -0.05) is 13.3 Å². The molecule has 1 aromatic rings. The molecule has 1 N–H and O–H groups in total. The van der Waals surface area contributed by atoms with E-state index in [1.807, 2.05) is 20.0 Å². The fraction of sp³-hybridized carbons (Fsp3) is 0.750. The van der Waals surface area contributed by atoms with Gasteiger partial charge in [-0.05, 0) is 32.1 Å². The first-order valence-corrected chi connectivity index (χ1v) is 8.15. The summed E-state index contributed by atoms with van der Waals surface area (Å²) in [6, 6.07) is 2.04. The first-order chi connectivity index (χ1) is 10.3. The van der Waals surface area contributed by atoms with Gasteiger partial charge in [-0.3, -0.25) is 0 Å². The number of hydrogen-bond acceptors (Lipinski definition) is 5. The Bertz CT molecular complexity index is 438. The molecule has 0 amide bonds. The van der Waals surface area contributed by atoms with Crippen molar-refractivity contribution in [3.63, 3.8) is 0 Å². The lowest BCUT2D eigenvalue weighted by Crippen LogP contribution is -2.26. The van der Waals surface area contributed by atoms with Gasteiger partial charge in [0.2, 0.25) is 0 Å². The molecule has 2 heterocycles. The molecule has 0 aromatic carbocycles. The van der Waals surface area contributed by atoms with Crippen molar-refractivity contribution in [2.24, 2.45) is 5.92 Å². The van der Waals surface area contributed by atoms with E-state index in [4.69, 9.17) is 4.74 Å². The van der Waals surface area contributed by atoms with Crippen molar-refractivity contribution < 1.29 is 4.74 Å². The van der Waals surface area contributed by atoms with Crippen molar-refractivity contribution in [1.82, 2.24) is 9.97 Å². The molecular weight excluding hydrogens is 264 g/mol. The van der Waals surface area contributed by atoms with Crippen LogP contribution in [0.25, 0.3) is 0 Å². The molecule has 0 spiro atoms. The lowest BCUT2D eigenvalue weighted by atomic mass is 9.98. The van der Waals surface area contributed by atoms with Crippen molar-refractivity contribution in [2.75, 3.05) is 37.0 Å². The van der Waals surface area contributed by atoms with Crippen LogP contribution in [0.15, 0.2) is 6.07 Å².